The number of rotatable bonds is 4. The molecule has 1 N–H and O–H groups in total. The van der Waals surface area contributed by atoms with Crippen LogP contribution in [0.5, 0.6) is 0 Å². The van der Waals surface area contributed by atoms with E-state index in [0.717, 1.165) is 43.4 Å². The molecule has 4 saturated carbocycles. The topological polar surface area (TPSA) is 37.3 Å². The zero-order chi connectivity index (χ0) is 21.9. The van der Waals surface area contributed by atoms with E-state index in [1.807, 2.05) is 0 Å². The maximum absolute atomic E-state index is 13.3. The first kappa shape index (κ1) is 22.8. The second kappa shape index (κ2) is 7.89. The fourth-order valence-electron chi connectivity index (χ4n) is 9.15. The Morgan fingerprint density at radius 1 is 1.03 bits per heavy atom. The Labute approximate surface area is 186 Å². The Hall–Kier alpha value is -0.370. The van der Waals surface area contributed by atoms with Crippen LogP contribution in [0.15, 0.2) is 0 Å². The van der Waals surface area contributed by atoms with Crippen molar-refractivity contribution in [3.8, 4) is 0 Å². The van der Waals surface area contributed by atoms with Crippen LogP contribution in [0.1, 0.15) is 112 Å². The van der Waals surface area contributed by atoms with Crippen LogP contribution in [0.25, 0.3) is 0 Å². The number of hydrogen-bond donors (Lipinski definition) is 1. The van der Waals surface area contributed by atoms with E-state index in [1.165, 1.54) is 44.9 Å². The molecule has 0 heterocycles. The van der Waals surface area contributed by atoms with Gasteiger partial charge in [-0.1, -0.05) is 54.4 Å². The van der Waals surface area contributed by atoms with Crippen molar-refractivity contribution < 1.29 is 9.90 Å². The number of ketones is 1. The SMILES string of the molecule is C[C@H](CCCC(C)(C)C)[C@H]1CC[C@H]2[C@@H]3CC(=O)[C@H]4C[C@H](O)CC[C@]4(C)[C@H]3CC[C@]12C. The van der Waals surface area contributed by atoms with Gasteiger partial charge in [-0.15, -0.1) is 0 Å². The van der Waals surface area contributed by atoms with Gasteiger partial charge in [-0.05, 0) is 97.2 Å². The fraction of sp³-hybridized carbons (Fsp3) is 0.964. The smallest absolute Gasteiger partial charge is 0.136 e. The third-order valence-electron chi connectivity index (χ3n) is 10.8. The molecule has 0 aromatic carbocycles. The molecule has 0 aromatic rings. The van der Waals surface area contributed by atoms with E-state index in [-0.39, 0.29) is 17.4 Å². The lowest BCUT2D eigenvalue weighted by Gasteiger charge is -2.60. The standard InChI is InChI=1S/C28H48O2/c1-18(8-7-13-26(2,3)4)21-9-10-22-20-17-25(30)24-16-19(29)11-14-28(24,6)23(20)12-15-27(21,22)5/h18-24,29H,7-17H2,1-6H3/t18-,19-,20+,21-,22+,23+,24-,27-,28-/m1/s1. The Morgan fingerprint density at radius 2 is 1.70 bits per heavy atom. The maximum atomic E-state index is 13.3. The van der Waals surface area contributed by atoms with Crippen LogP contribution >= 0.6 is 0 Å². The van der Waals surface area contributed by atoms with Gasteiger partial charge >= 0.3 is 0 Å². The molecule has 4 fully saturated rings. The molecule has 4 aliphatic rings. The molecule has 0 amide bonds. The number of aliphatic hydroxyl groups excluding tert-OH is 1. The lowest BCUT2D eigenvalue weighted by molar-refractivity contribution is -0.160. The summed E-state index contributed by atoms with van der Waals surface area (Å²) in [5.41, 5.74) is 1.04. The fourth-order valence-corrected chi connectivity index (χ4v) is 9.15. The molecule has 4 aliphatic carbocycles. The van der Waals surface area contributed by atoms with E-state index in [4.69, 9.17) is 0 Å². The van der Waals surface area contributed by atoms with E-state index in [0.29, 0.717) is 28.4 Å². The third kappa shape index (κ3) is 3.82. The van der Waals surface area contributed by atoms with Crippen LogP contribution in [0.4, 0.5) is 0 Å². The summed E-state index contributed by atoms with van der Waals surface area (Å²) in [7, 11) is 0. The van der Waals surface area contributed by atoms with Crippen LogP contribution in [-0.4, -0.2) is 17.0 Å². The largest absolute Gasteiger partial charge is 0.393 e. The molecule has 0 aliphatic heterocycles. The van der Waals surface area contributed by atoms with Crippen LogP contribution < -0.4 is 0 Å². The molecule has 4 rings (SSSR count). The highest BCUT2D eigenvalue weighted by molar-refractivity contribution is 5.83. The molecule has 2 nitrogen and oxygen atoms in total. The first-order chi connectivity index (χ1) is 14.0. The molecule has 0 spiro atoms. The molecule has 0 bridgehead atoms. The summed E-state index contributed by atoms with van der Waals surface area (Å²) in [6.07, 6.45) is 12.7. The molecule has 2 heteroatoms. The van der Waals surface area contributed by atoms with Crippen molar-refractivity contribution in [3.05, 3.63) is 0 Å². The van der Waals surface area contributed by atoms with Gasteiger partial charge in [-0.3, -0.25) is 4.79 Å². The van der Waals surface area contributed by atoms with Gasteiger partial charge in [0.25, 0.3) is 0 Å². The molecule has 0 aromatic heterocycles. The Kier molecular flexibility index (Phi) is 6.00. The molecule has 172 valence electrons. The van der Waals surface area contributed by atoms with Crippen LogP contribution in [0.2, 0.25) is 0 Å². The molecular formula is C28H48O2. The van der Waals surface area contributed by atoms with E-state index in [2.05, 4.69) is 41.5 Å². The van der Waals surface area contributed by atoms with Crippen molar-refractivity contribution in [3.63, 3.8) is 0 Å². The van der Waals surface area contributed by atoms with Gasteiger partial charge in [0.1, 0.15) is 5.78 Å². The van der Waals surface area contributed by atoms with E-state index in [9.17, 15) is 9.90 Å². The number of carbonyl (C=O) groups excluding carboxylic acids is 1. The minimum Gasteiger partial charge on any atom is -0.393 e. The van der Waals surface area contributed by atoms with E-state index < -0.39 is 0 Å². The van der Waals surface area contributed by atoms with Gasteiger partial charge in [-0.25, -0.2) is 0 Å². The summed E-state index contributed by atoms with van der Waals surface area (Å²) in [6.45, 7) is 14.6. The van der Waals surface area contributed by atoms with E-state index >= 15 is 0 Å². The summed E-state index contributed by atoms with van der Waals surface area (Å²) < 4.78 is 0. The highest BCUT2D eigenvalue weighted by atomic mass is 16.3. The van der Waals surface area contributed by atoms with E-state index in [1.54, 1.807) is 0 Å². The van der Waals surface area contributed by atoms with Crippen molar-refractivity contribution in [1.29, 1.82) is 0 Å². The average Bonchev–Trinajstić information content (AvgIpc) is 3.00. The average molecular weight is 417 g/mol. The van der Waals surface area contributed by atoms with Gasteiger partial charge in [0.15, 0.2) is 0 Å². The quantitative estimate of drug-likeness (QED) is 0.533. The Morgan fingerprint density at radius 3 is 2.40 bits per heavy atom. The zero-order valence-corrected chi connectivity index (χ0v) is 20.7. The summed E-state index contributed by atoms with van der Waals surface area (Å²) in [5.74, 6) is 4.34. The number of hydrogen-bond acceptors (Lipinski definition) is 2. The maximum Gasteiger partial charge on any atom is 0.136 e. The minimum absolute atomic E-state index is 0.125. The number of aliphatic hydroxyl groups is 1. The van der Waals surface area contributed by atoms with Crippen molar-refractivity contribution >= 4 is 5.78 Å². The molecule has 0 radical (unpaired) electrons. The highest BCUT2D eigenvalue weighted by Crippen LogP contribution is 2.67. The van der Waals surface area contributed by atoms with Crippen molar-refractivity contribution in [2.75, 3.05) is 0 Å². The Bertz CT molecular complexity index is 648. The first-order valence-corrected chi connectivity index (χ1v) is 13.2. The first-order valence-electron chi connectivity index (χ1n) is 13.2. The van der Waals surface area contributed by atoms with Gasteiger partial charge in [0, 0.05) is 12.3 Å². The minimum atomic E-state index is -0.248. The molecule has 9 atom stereocenters. The van der Waals surface area contributed by atoms with Gasteiger partial charge in [-0.2, -0.15) is 0 Å². The summed E-state index contributed by atoms with van der Waals surface area (Å²) in [6, 6.07) is 0. The van der Waals surface area contributed by atoms with Gasteiger partial charge in [0.05, 0.1) is 6.10 Å². The monoisotopic (exact) mass is 416 g/mol. The van der Waals surface area contributed by atoms with Gasteiger partial charge < -0.3 is 5.11 Å². The third-order valence-corrected chi connectivity index (χ3v) is 10.8. The van der Waals surface area contributed by atoms with Crippen LogP contribution in [0.3, 0.4) is 0 Å². The number of carbonyl (C=O) groups is 1. The summed E-state index contributed by atoms with van der Waals surface area (Å²) in [5, 5.41) is 10.2. The van der Waals surface area contributed by atoms with Gasteiger partial charge in [0.2, 0.25) is 0 Å². The Balaban J connectivity index is 1.49. The number of fused-ring (bicyclic) bond motifs is 5. The number of Topliss-reactive ketones (excluding diaryl/α,β-unsaturated/α-hetero) is 1. The summed E-state index contributed by atoms with van der Waals surface area (Å²) >= 11 is 0. The summed E-state index contributed by atoms with van der Waals surface area (Å²) in [4.78, 5) is 13.3. The molecule has 0 saturated heterocycles. The highest BCUT2D eigenvalue weighted by Gasteiger charge is 2.62. The second-order valence-corrected chi connectivity index (χ2v) is 13.7. The molecule has 30 heavy (non-hydrogen) atoms. The van der Waals surface area contributed by atoms with Crippen molar-refractivity contribution in [2.45, 2.75) is 118 Å². The molecule has 0 unspecified atom stereocenters. The van der Waals surface area contributed by atoms with Crippen molar-refractivity contribution in [1.82, 2.24) is 0 Å². The van der Waals surface area contributed by atoms with Crippen LogP contribution in [0, 0.1) is 51.8 Å². The zero-order valence-electron chi connectivity index (χ0n) is 20.7. The normalized spacial score (nSPS) is 47.4. The lowest BCUT2D eigenvalue weighted by Crippen LogP contribution is -2.57. The predicted molar refractivity (Wildman–Crippen MR) is 124 cm³/mol. The van der Waals surface area contributed by atoms with Crippen molar-refractivity contribution in [2.24, 2.45) is 51.8 Å². The predicted octanol–water partition coefficient (Wildman–Crippen LogP) is 7.04. The second-order valence-electron chi connectivity index (χ2n) is 13.7. The lowest BCUT2D eigenvalue weighted by atomic mass is 9.44. The molecular weight excluding hydrogens is 368 g/mol. The van der Waals surface area contributed by atoms with Crippen LogP contribution in [-0.2, 0) is 4.79 Å².